The SMILES string of the molecule is CSCC[C@@H](NC(=O)C#Cc1ccccc1)C(=O)O. The Morgan fingerprint density at radius 2 is 2.05 bits per heavy atom. The Kier molecular flexibility index (Phi) is 6.55. The van der Waals surface area contributed by atoms with E-state index in [-0.39, 0.29) is 0 Å². The van der Waals surface area contributed by atoms with Crippen molar-refractivity contribution >= 4 is 23.6 Å². The highest BCUT2D eigenvalue weighted by molar-refractivity contribution is 7.98. The van der Waals surface area contributed by atoms with Crippen molar-refractivity contribution in [2.24, 2.45) is 0 Å². The van der Waals surface area contributed by atoms with Gasteiger partial charge >= 0.3 is 5.97 Å². The topological polar surface area (TPSA) is 66.4 Å². The van der Waals surface area contributed by atoms with Gasteiger partial charge in [0.05, 0.1) is 0 Å². The Bertz CT molecular complexity index is 490. The highest BCUT2D eigenvalue weighted by Gasteiger charge is 2.18. The fourth-order valence-corrected chi connectivity index (χ4v) is 1.81. The Labute approximate surface area is 116 Å². The van der Waals surface area contributed by atoms with E-state index in [1.165, 1.54) is 11.8 Å². The number of carbonyl (C=O) groups excluding carboxylic acids is 1. The van der Waals surface area contributed by atoms with Crippen molar-refractivity contribution in [3.05, 3.63) is 35.9 Å². The lowest BCUT2D eigenvalue weighted by Crippen LogP contribution is -2.40. The first-order valence-electron chi connectivity index (χ1n) is 5.73. The molecule has 100 valence electrons. The predicted molar refractivity (Wildman–Crippen MR) is 75.9 cm³/mol. The Morgan fingerprint density at radius 1 is 1.37 bits per heavy atom. The van der Waals surface area contributed by atoms with E-state index in [4.69, 9.17) is 5.11 Å². The second kappa shape index (κ2) is 8.22. The van der Waals surface area contributed by atoms with Crippen molar-refractivity contribution in [1.82, 2.24) is 5.32 Å². The number of hydrogen-bond donors (Lipinski definition) is 2. The van der Waals surface area contributed by atoms with Gasteiger partial charge in [-0.1, -0.05) is 24.1 Å². The van der Waals surface area contributed by atoms with Gasteiger partial charge < -0.3 is 10.4 Å². The van der Waals surface area contributed by atoms with Gasteiger partial charge in [-0.2, -0.15) is 11.8 Å². The van der Waals surface area contributed by atoms with E-state index in [2.05, 4.69) is 17.2 Å². The molecule has 0 spiro atoms. The average Bonchev–Trinajstić information content (AvgIpc) is 2.42. The van der Waals surface area contributed by atoms with Crippen molar-refractivity contribution in [3.63, 3.8) is 0 Å². The van der Waals surface area contributed by atoms with Crippen LogP contribution in [0.3, 0.4) is 0 Å². The zero-order valence-electron chi connectivity index (χ0n) is 10.6. The molecule has 1 atom stereocenters. The van der Waals surface area contributed by atoms with Gasteiger partial charge in [-0.15, -0.1) is 0 Å². The molecule has 0 aromatic heterocycles. The van der Waals surface area contributed by atoms with Gasteiger partial charge in [0.15, 0.2) is 0 Å². The van der Waals surface area contributed by atoms with Crippen LogP contribution in [0.1, 0.15) is 12.0 Å². The van der Waals surface area contributed by atoms with Crippen molar-refractivity contribution in [3.8, 4) is 11.8 Å². The van der Waals surface area contributed by atoms with Crippen LogP contribution in [0.25, 0.3) is 0 Å². The summed E-state index contributed by atoms with van der Waals surface area (Å²) in [7, 11) is 0. The largest absolute Gasteiger partial charge is 0.480 e. The number of carboxylic acid groups (broad SMARTS) is 1. The summed E-state index contributed by atoms with van der Waals surface area (Å²) >= 11 is 1.53. The molecule has 19 heavy (non-hydrogen) atoms. The van der Waals surface area contributed by atoms with Crippen LogP contribution in [-0.4, -0.2) is 35.0 Å². The van der Waals surface area contributed by atoms with E-state index in [0.717, 1.165) is 0 Å². The molecule has 4 nitrogen and oxygen atoms in total. The Balaban J connectivity index is 2.58. The van der Waals surface area contributed by atoms with Gasteiger partial charge in [-0.05, 0) is 30.6 Å². The first kappa shape index (κ1) is 15.1. The van der Waals surface area contributed by atoms with Crippen LogP contribution in [0.4, 0.5) is 0 Å². The van der Waals surface area contributed by atoms with E-state index in [9.17, 15) is 9.59 Å². The van der Waals surface area contributed by atoms with Crippen molar-refractivity contribution in [1.29, 1.82) is 0 Å². The van der Waals surface area contributed by atoms with Crippen LogP contribution in [0.15, 0.2) is 30.3 Å². The van der Waals surface area contributed by atoms with Gasteiger partial charge in [0.2, 0.25) is 0 Å². The van der Waals surface area contributed by atoms with Crippen molar-refractivity contribution < 1.29 is 14.7 Å². The molecule has 0 unspecified atom stereocenters. The molecule has 0 aliphatic heterocycles. The van der Waals surface area contributed by atoms with Crippen LogP contribution >= 0.6 is 11.8 Å². The maximum absolute atomic E-state index is 11.5. The van der Waals surface area contributed by atoms with Crippen LogP contribution < -0.4 is 5.32 Å². The van der Waals surface area contributed by atoms with Gasteiger partial charge in [-0.3, -0.25) is 4.79 Å². The molecular weight excluding hydrogens is 262 g/mol. The van der Waals surface area contributed by atoms with E-state index >= 15 is 0 Å². The van der Waals surface area contributed by atoms with Gasteiger partial charge in [-0.25, -0.2) is 4.79 Å². The minimum atomic E-state index is -1.04. The maximum atomic E-state index is 11.5. The first-order chi connectivity index (χ1) is 9.13. The zero-order chi connectivity index (χ0) is 14.1. The maximum Gasteiger partial charge on any atom is 0.326 e. The highest BCUT2D eigenvalue weighted by atomic mass is 32.2. The van der Waals surface area contributed by atoms with E-state index in [1.54, 1.807) is 12.1 Å². The van der Waals surface area contributed by atoms with Crippen molar-refractivity contribution in [2.75, 3.05) is 12.0 Å². The number of hydrogen-bond acceptors (Lipinski definition) is 3. The number of nitrogens with one attached hydrogen (secondary N) is 1. The summed E-state index contributed by atoms with van der Waals surface area (Å²) in [6.45, 7) is 0. The van der Waals surface area contributed by atoms with Crippen LogP contribution in [-0.2, 0) is 9.59 Å². The third-order valence-electron chi connectivity index (χ3n) is 2.31. The normalized spacial score (nSPS) is 11.0. The molecule has 1 aromatic rings. The average molecular weight is 277 g/mol. The molecule has 5 heteroatoms. The van der Waals surface area contributed by atoms with Gasteiger partial charge in [0.1, 0.15) is 6.04 Å². The highest BCUT2D eigenvalue weighted by Crippen LogP contribution is 2.01. The first-order valence-corrected chi connectivity index (χ1v) is 7.12. The predicted octanol–water partition coefficient (Wildman–Crippen LogP) is 1.36. The molecule has 1 rings (SSSR count). The molecule has 0 saturated heterocycles. The fourth-order valence-electron chi connectivity index (χ4n) is 1.34. The monoisotopic (exact) mass is 277 g/mol. The minimum Gasteiger partial charge on any atom is -0.480 e. The molecule has 0 saturated carbocycles. The number of thioether (sulfide) groups is 1. The Hall–Kier alpha value is -1.93. The van der Waals surface area contributed by atoms with Crippen molar-refractivity contribution in [2.45, 2.75) is 12.5 Å². The lowest BCUT2D eigenvalue weighted by atomic mass is 10.2. The summed E-state index contributed by atoms with van der Waals surface area (Å²) in [5.41, 5.74) is 0.716. The van der Waals surface area contributed by atoms with E-state index < -0.39 is 17.9 Å². The third kappa shape index (κ3) is 5.98. The molecule has 0 fully saturated rings. The summed E-state index contributed by atoms with van der Waals surface area (Å²) in [5.74, 6) is 4.14. The summed E-state index contributed by atoms with van der Waals surface area (Å²) in [6.07, 6.45) is 2.27. The van der Waals surface area contributed by atoms with E-state index in [1.807, 2.05) is 24.5 Å². The second-order valence-corrected chi connectivity index (χ2v) is 4.75. The number of carboxylic acids is 1. The summed E-state index contributed by atoms with van der Waals surface area (Å²) in [4.78, 5) is 22.5. The standard InChI is InChI=1S/C14H15NO3S/c1-19-10-9-12(14(17)18)15-13(16)8-7-11-5-3-2-4-6-11/h2-6,12H,9-10H2,1H3,(H,15,16)(H,17,18)/t12-/m1/s1. The molecule has 1 amide bonds. The van der Waals surface area contributed by atoms with Crippen LogP contribution in [0, 0.1) is 11.8 Å². The third-order valence-corrected chi connectivity index (χ3v) is 2.95. The zero-order valence-corrected chi connectivity index (χ0v) is 11.4. The smallest absolute Gasteiger partial charge is 0.326 e. The summed E-state index contributed by atoms with van der Waals surface area (Å²) in [5, 5.41) is 11.4. The van der Waals surface area contributed by atoms with Gasteiger partial charge in [0.25, 0.3) is 5.91 Å². The summed E-state index contributed by atoms with van der Waals surface area (Å²) in [6, 6.07) is 8.17. The van der Waals surface area contributed by atoms with Crippen LogP contribution in [0.5, 0.6) is 0 Å². The Morgan fingerprint density at radius 3 is 2.63 bits per heavy atom. The molecule has 0 aliphatic rings. The van der Waals surface area contributed by atoms with Crippen LogP contribution in [0.2, 0.25) is 0 Å². The number of carbonyl (C=O) groups is 2. The molecular formula is C14H15NO3S. The number of aliphatic carboxylic acids is 1. The quantitative estimate of drug-likeness (QED) is 0.798. The number of rotatable bonds is 5. The summed E-state index contributed by atoms with van der Waals surface area (Å²) < 4.78 is 0. The minimum absolute atomic E-state index is 0.384. The molecule has 1 aromatic carbocycles. The lowest BCUT2D eigenvalue weighted by Gasteiger charge is -2.11. The second-order valence-electron chi connectivity index (χ2n) is 3.76. The van der Waals surface area contributed by atoms with Gasteiger partial charge in [0, 0.05) is 11.5 Å². The number of amides is 1. The number of benzene rings is 1. The fraction of sp³-hybridized carbons (Fsp3) is 0.286. The molecule has 0 bridgehead atoms. The molecule has 2 N–H and O–H groups in total. The molecule has 0 radical (unpaired) electrons. The molecule has 0 aliphatic carbocycles. The van der Waals surface area contributed by atoms with E-state index in [0.29, 0.717) is 17.7 Å². The molecule has 0 heterocycles. The lowest BCUT2D eigenvalue weighted by molar-refractivity contribution is -0.141.